The van der Waals surface area contributed by atoms with E-state index in [-0.39, 0.29) is 17.9 Å². The molecule has 0 aliphatic rings. The van der Waals surface area contributed by atoms with Crippen LogP contribution in [0.15, 0.2) is 24.3 Å². The third-order valence-electron chi connectivity index (χ3n) is 3.10. The minimum atomic E-state index is -1.07. The van der Waals surface area contributed by atoms with E-state index in [1.54, 1.807) is 13.0 Å². The van der Waals surface area contributed by atoms with Crippen LogP contribution in [-0.2, 0) is 16.0 Å². The number of aliphatic carboxylic acids is 1. The fraction of sp³-hybridized carbons (Fsp3) is 0.429. The minimum absolute atomic E-state index is 0.160. The van der Waals surface area contributed by atoms with Gasteiger partial charge in [-0.1, -0.05) is 38.5 Å². The Balaban J connectivity index is 2.68. The molecule has 0 aromatic heterocycles. The van der Waals surface area contributed by atoms with E-state index in [0.717, 1.165) is 0 Å². The highest BCUT2D eigenvalue weighted by Crippen LogP contribution is 2.10. The molecule has 0 aliphatic carbocycles. The van der Waals surface area contributed by atoms with Crippen molar-refractivity contribution < 1.29 is 19.1 Å². The quantitative estimate of drug-likeness (QED) is 0.828. The van der Waals surface area contributed by atoms with E-state index in [9.17, 15) is 14.0 Å². The van der Waals surface area contributed by atoms with Crippen LogP contribution in [0.1, 0.15) is 25.8 Å². The third-order valence-corrected chi connectivity index (χ3v) is 3.10. The van der Waals surface area contributed by atoms with Crippen LogP contribution in [0, 0.1) is 11.7 Å². The van der Waals surface area contributed by atoms with E-state index < -0.39 is 23.7 Å². The molecular weight excluding hydrogens is 249 g/mol. The average molecular weight is 267 g/mol. The van der Waals surface area contributed by atoms with E-state index in [1.165, 1.54) is 18.2 Å². The summed E-state index contributed by atoms with van der Waals surface area (Å²) in [6.07, 6.45) is 0.476. The molecule has 0 unspecified atom stereocenters. The highest BCUT2D eigenvalue weighted by molar-refractivity contribution is 5.85. The van der Waals surface area contributed by atoms with Crippen LogP contribution in [-0.4, -0.2) is 23.0 Å². The number of carbonyl (C=O) groups excluding carboxylic acids is 1. The Morgan fingerprint density at radius 2 is 2.00 bits per heavy atom. The van der Waals surface area contributed by atoms with E-state index in [1.807, 2.05) is 6.92 Å². The summed E-state index contributed by atoms with van der Waals surface area (Å²) in [5.74, 6) is -2.20. The van der Waals surface area contributed by atoms with E-state index in [4.69, 9.17) is 5.11 Å². The van der Waals surface area contributed by atoms with Crippen molar-refractivity contribution in [1.82, 2.24) is 5.32 Å². The van der Waals surface area contributed by atoms with Gasteiger partial charge >= 0.3 is 5.97 Å². The molecule has 19 heavy (non-hydrogen) atoms. The topological polar surface area (TPSA) is 66.4 Å². The number of carbonyl (C=O) groups is 2. The second kappa shape index (κ2) is 6.87. The molecule has 1 aromatic rings. The molecule has 2 N–H and O–H groups in total. The Morgan fingerprint density at radius 1 is 1.37 bits per heavy atom. The molecule has 1 amide bonds. The van der Waals surface area contributed by atoms with Gasteiger partial charge in [-0.25, -0.2) is 9.18 Å². The Bertz CT molecular complexity index is 462. The van der Waals surface area contributed by atoms with Gasteiger partial charge in [0.05, 0.1) is 6.42 Å². The van der Waals surface area contributed by atoms with Crippen molar-refractivity contribution in [2.75, 3.05) is 0 Å². The third kappa shape index (κ3) is 4.35. The van der Waals surface area contributed by atoms with Crippen molar-refractivity contribution in [3.8, 4) is 0 Å². The summed E-state index contributed by atoms with van der Waals surface area (Å²) in [6, 6.07) is 5.01. The minimum Gasteiger partial charge on any atom is -0.480 e. The first-order valence-corrected chi connectivity index (χ1v) is 6.21. The highest BCUT2D eigenvalue weighted by Gasteiger charge is 2.25. The number of amides is 1. The van der Waals surface area contributed by atoms with Crippen molar-refractivity contribution in [2.24, 2.45) is 5.92 Å². The zero-order valence-corrected chi connectivity index (χ0v) is 11.0. The number of hydrogen-bond acceptors (Lipinski definition) is 2. The summed E-state index contributed by atoms with van der Waals surface area (Å²) < 4.78 is 13.4. The van der Waals surface area contributed by atoms with Gasteiger partial charge in [0, 0.05) is 0 Å². The van der Waals surface area contributed by atoms with Gasteiger partial charge in [-0.2, -0.15) is 0 Å². The number of carboxylic acid groups (broad SMARTS) is 1. The standard InChI is InChI=1S/C14H18FNO3/c1-3-9(2)13(14(18)19)16-12(17)8-10-6-4-5-7-11(10)15/h4-7,9,13H,3,8H2,1-2H3,(H,16,17)(H,18,19)/t9-,13+/m1/s1. The molecule has 0 saturated heterocycles. The maximum atomic E-state index is 13.4. The van der Waals surface area contributed by atoms with Crippen molar-refractivity contribution in [2.45, 2.75) is 32.7 Å². The fourth-order valence-electron chi connectivity index (χ4n) is 1.72. The molecule has 0 fully saturated rings. The van der Waals surface area contributed by atoms with Crippen molar-refractivity contribution >= 4 is 11.9 Å². The van der Waals surface area contributed by atoms with Gasteiger partial charge in [0.15, 0.2) is 0 Å². The fourth-order valence-corrected chi connectivity index (χ4v) is 1.72. The molecule has 4 nitrogen and oxygen atoms in total. The van der Waals surface area contributed by atoms with Crippen molar-refractivity contribution in [1.29, 1.82) is 0 Å². The van der Waals surface area contributed by atoms with Gasteiger partial charge in [0.25, 0.3) is 0 Å². The Morgan fingerprint density at radius 3 is 2.53 bits per heavy atom. The molecule has 0 heterocycles. The summed E-state index contributed by atoms with van der Waals surface area (Å²) in [7, 11) is 0. The number of hydrogen-bond donors (Lipinski definition) is 2. The predicted octanol–water partition coefficient (Wildman–Crippen LogP) is 1.98. The molecule has 0 radical (unpaired) electrons. The zero-order valence-electron chi connectivity index (χ0n) is 11.0. The van der Waals surface area contributed by atoms with Gasteiger partial charge < -0.3 is 10.4 Å². The van der Waals surface area contributed by atoms with E-state index in [2.05, 4.69) is 5.32 Å². The van der Waals surface area contributed by atoms with E-state index >= 15 is 0 Å². The first-order chi connectivity index (χ1) is 8.95. The summed E-state index contributed by atoms with van der Waals surface area (Å²) in [6.45, 7) is 3.60. The summed E-state index contributed by atoms with van der Waals surface area (Å²) >= 11 is 0. The Kier molecular flexibility index (Phi) is 5.48. The monoisotopic (exact) mass is 267 g/mol. The largest absolute Gasteiger partial charge is 0.480 e. The molecule has 0 bridgehead atoms. The van der Waals surface area contributed by atoms with Crippen LogP contribution in [0.2, 0.25) is 0 Å². The maximum Gasteiger partial charge on any atom is 0.326 e. The highest BCUT2D eigenvalue weighted by atomic mass is 19.1. The van der Waals surface area contributed by atoms with Gasteiger partial charge in [-0.05, 0) is 17.5 Å². The summed E-state index contributed by atoms with van der Waals surface area (Å²) in [4.78, 5) is 22.8. The Hall–Kier alpha value is -1.91. The van der Waals surface area contributed by atoms with Crippen LogP contribution in [0.4, 0.5) is 4.39 Å². The summed E-state index contributed by atoms with van der Waals surface area (Å²) in [5, 5.41) is 11.5. The first kappa shape index (κ1) is 15.1. The SMILES string of the molecule is CC[C@@H](C)[C@H](NC(=O)Cc1ccccc1F)C(=O)O. The summed E-state index contributed by atoms with van der Waals surface area (Å²) in [5.41, 5.74) is 0.258. The van der Waals surface area contributed by atoms with Crippen LogP contribution in [0.5, 0.6) is 0 Å². The van der Waals surface area contributed by atoms with Gasteiger partial charge in [-0.15, -0.1) is 0 Å². The van der Waals surface area contributed by atoms with Crippen molar-refractivity contribution in [3.05, 3.63) is 35.6 Å². The normalized spacial score (nSPS) is 13.6. The lowest BCUT2D eigenvalue weighted by atomic mass is 9.99. The van der Waals surface area contributed by atoms with Crippen LogP contribution in [0.3, 0.4) is 0 Å². The number of halogens is 1. The van der Waals surface area contributed by atoms with Crippen LogP contribution >= 0.6 is 0 Å². The second-order valence-electron chi connectivity index (χ2n) is 4.54. The molecule has 0 aliphatic heterocycles. The lowest BCUT2D eigenvalue weighted by Crippen LogP contribution is -2.45. The molecule has 0 saturated carbocycles. The second-order valence-corrected chi connectivity index (χ2v) is 4.54. The molecule has 2 atom stereocenters. The van der Waals surface area contributed by atoms with Gasteiger partial charge in [0.1, 0.15) is 11.9 Å². The predicted molar refractivity (Wildman–Crippen MR) is 69.1 cm³/mol. The first-order valence-electron chi connectivity index (χ1n) is 6.21. The van der Waals surface area contributed by atoms with Gasteiger partial charge in [0.2, 0.25) is 5.91 Å². The number of benzene rings is 1. The molecule has 1 aromatic carbocycles. The lowest BCUT2D eigenvalue weighted by molar-refractivity contribution is -0.143. The number of rotatable bonds is 6. The lowest BCUT2D eigenvalue weighted by Gasteiger charge is -2.20. The number of carboxylic acids is 1. The van der Waals surface area contributed by atoms with Crippen molar-refractivity contribution in [3.63, 3.8) is 0 Å². The molecule has 0 spiro atoms. The maximum absolute atomic E-state index is 13.4. The van der Waals surface area contributed by atoms with E-state index in [0.29, 0.717) is 6.42 Å². The molecule has 5 heteroatoms. The molecule has 104 valence electrons. The van der Waals surface area contributed by atoms with Gasteiger partial charge in [-0.3, -0.25) is 4.79 Å². The Labute approximate surface area is 111 Å². The smallest absolute Gasteiger partial charge is 0.326 e. The van der Waals surface area contributed by atoms with Crippen LogP contribution < -0.4 is 5.32 Å². The number of nitrogens with one attached hydrogen (secondary N) is 1. The molecular formula is C14H18FNO3. The zero-order chi connectivity index (χ0) is 14.4. The molecule has 1 rings (SSSR count). The average Bonchev–Trinajstić information content (AvgIpc) is 2.37. The van der Waals surface area contributed by atoms with Crippen LogP contribution in [0.25, 0.3) is 0 Å².